The average molecular weight is 212 g/mol. The zero-order valence-corrected chi connectivity index (χ0v) is 8.00. The van der Waals surface area contributed by atoms with Gasteiger partial charge in [0.2, 0.25) is 0 Å². The Morgan fingerprint density at radius 3 is 3.00 bits per heavy atom. The van der Waals surface area contributed by atoms with Crippen molar-refractivity contribution in [1.29, 1.82) is 0 Å². The topological polar surface area (TPSA) is 78.1 Å². The predicted octanol–water partition coefficient (Wildman–Crippen LogP) is 0.237. The SMILES string of the molecule is COC(=O)C#Cc1cc(Cl)nnc1N. The first kappa shape index (κ1) is 10.3. The molecule has 14 heavy (non-hydrogen) atoms. The Balaban J connectivity index is 3.00. The van der Waals surface area contributed by atoms with Gasteiger partial charge in [-0.05, 0) is 6.07 Å². The van der Waals surface area contributed by atoms with Gasteiger partial charge in [-0.2, -0.15) is 0 Å². The number of hydrogen-bond donors (Lipinski definition) is 1. The zero-order chi connectivity index (χ0) is 10.6. The molecule has 0 aliphatic rings. The minimum atomic E-state index is -0.655. The Kier molecular flexibility index (Phi) is 3.26. The number of halogens is 1. The van der Waals surface area contributed by atoms with Gasteiger partial charge < -0.3 is 10.5 Å². The van der Waals surface area contributed by atoms with E-state index in [-0.39, 0.29) is 11.0 Å². The summed E-state index contributed by atoms with van der Waals surface area (Å²) in [5.41, 5.74) is 5.77. The van der Waals surface area contributed by atoms with E-state index in [9.17, 15) is 4.79 Å². The molecule has 1 heterocycles. The van der Waals surface area contributed by atoms with E-state index in [1.807, 2.05) is 0 Å². The normalized spacial score (nSPS) is 8.71. The van der Waals surface area contributed by atoms with E-state index < -0.39 is 5.97 Å². The fraction of sp³-hybridized carbons (Fsp3) is 0.125. The van der Waals surface area contributed by atoms with Gasteiger partial charge in [0.15, 0.2) is 11.0 Å². The first-order valence-electron chi connectivity index (χ1n) is 3.52. The van der Waals surface area contributed by atoms with Crippen LogP contribution in [-0.2, 0) is 9.53 Å². The molecule has 72 valence electrons. The van der Waals surface area contributed by atoms with Gasteiger partial charge in [0.25, 0.3) is 0 Å². The van der Waals surface area contributed by atoms with Gasteiger partial charge in [-0.25, -0.2) is 4.79 Å². The monoisotopic (exact) mass is 211 g/mol. The summed E-state index contributed by atoms with van der Waals surface area (Å²) in [5, 5.41) is 7.18. The number of aromatic nitrogens is 2. The molecular formula is C8H6ClN3O2. The number of carbonyl (C=O) groups is 1. The van der Waals surface area contributed by atoms with Crippen molar-refractivity contribution in [3.05, 3.63) is 16.8 Å². The van der Waals surface area contributed by atoms with E-state index in [4.69, 9.17) is 17.3 Å². The lowest BCUT2D eigenvalue weighted by Crippen LogP contribution is -1.98. The minimum absolute atomic E-state index is 0.116. The molecule has 1 aromatic heterocycles. The van der Waals surface area contributed by atoms with Crippen LogP contribution in [0.5, 0.6) is 0 Å². The van der Waals surface area contributed by atoms with Crippen LogP contribution in [0.1, 0.15) is 5.56 Å². The highest BCUT2D eigenvalue weighted by Gasteiger charge is 2.00. The number of nitrogens with two attached hydrogens (primary N) is 1. The number of methoxy groups -OCH3 is 1. The summed E-state index contributed by atoms with van der Waals surface area (Å²) in [6.07, 6.45) is 0. The second-order valence-corrected chi connectivity index (χ2v) is 2.59. The van der Waals surface area contributed by atoms with Gasteiger partial charge in [0, 0.05) is 5.92 Å². The molecule has 0 unspecified atom stereocenters. The molecule has 5 nitrogen and oxygen atoms in total. The minimum Gasteiger partial charge on any atom is -0.459 e. The third kappa shape index (κ3) is 2.61. The molecule has 1 aromatic rings. The molecule has 0 saturated carbocycles. The summed E-state index contributed by atoms with van der Waals surface area (Å²) >= 11 is 5.55. The highest BCUT2D eigenvalue weighted by Crippen LogP contribution is 2.10. The quantitative estimate of drug-likeness (QED) is 0.491. The number of ether oxygens (including phenoxy) is 1. The summed E-state index contributed by atoms with van der Waals surface area (Å²) in [6, 6.07) is 1.42. The second kappa shape index (κ2) is 4.44. The molecule has 0 bridgehead atoms. The third-order valence-electron chi connectivity index (χ3n) is 1.28. The number of nitrogens with zero attached hydrogens (tertiary/aromatic N) is 2. The lowest BCUT2D eigenvalue weighted by atomic mass is 10.3. The summed E-state index contributed by atoms with van der Waals surface area (Å²) in [7, 11) is 1.23. The van der Waals surface area contributed by atoms with Crippen molar-refractivity contribution in [1.82, 2.24) is 10.2 Å². The van der Waals surface area contributed by atoms with Gasteiger partial charge in [-0.1, -0.05) is 17.5 Å². The van der Waals surface area contributed by atoms with Crippen molar-refractivity contribution >= 4 is 23.4 Å². The van der Waals surface area contributed by atoms with Crippen molar-refractivity contribution in [2.75, 3.05) is 12.8 Å². The lowest BCUT2D eigenvalue weighted by Gasteiger charge is -1.94. The van der Waals surface area contributed by atoms with Crippen LogP contribution in [0.2, 0.25) is 5.15 Å². The largest absolute Gasteiger partial charge is 0.459 e. The third-order valence-corrected chi connectivity index (χ3v) is 1.46. The number of rotatable bonds is 0. The molecular weight excluding hydrogens is 206 g/mol. The Morgan fingerprint density at radius 2 is 2.36 bits per heavy atom. The van der Waals surface area contributed by atoms with Gasteiger partial charge in [-0.15, -0.1) is 10.2 Å². The van der Waals surface area contributed by atoms with Gasteiger partial charge in [0.05, 0.1) is 12.7 Å². The van der Waals surface area contributed by atoms with Crippen molar-refractivity contribution < 1.29 is 9.53 Å². The van der Waals surface area contributed by atoms with Crippen LogP contribution in [0.4, 0.5) is 5.82 Å². The smallest absolute Gasteiger partial charge is 0.384 e. The van der Waals surface area contributed by atoms with E-state index in [1.165, 1.54) is 13.2 Å². The van der Waals surface area contributed by atoms with Gasteiger partial charge in [0.1, 0.15) is 0 Å². The maximum absolute atomic E-state index is 10.7. The highest BCUT2D eigenvalue weighted by atomic mass is 35.5. The van der Waals surface area contributed by atoms with Crippen LogP contribution < -0.4 is 5.73 Å². The molecule has 0 aliphatic heterocycles. The van der Waals surface area contributed by atoms with Crippen LogP contribution in [0.3, 0.4) is 0 Å². The van der Waals surface area contributed by atoms with Gasteiger partial charge >= 0.3 is 5.97 Å². The second-order valence-electron chi connectivity index (χ2n) is 2.21. The number of hydrogen-bond acceptors (Lipinski definition) is 5. The summed E-state index contributed by atoms with van der Waals surface area (Å²) in [6.45, 7) is 0. The van der Waals surface area contributed by atoms with E-state index in [0.717, 1.165) is 0 Å². The number of anilines is 1. The molecule has 0 amide bonds. The number of carbonyl (C=O) groups excluding carboxylic acids is 1. The Morgan fingerprint density at radius 1 is 1.64 bits per heavy atom. The molecule has 0 saturated heterocycles. The molecule has 1 rings (SSSR count). The van der Waals surface area contributed by atoms with E-state index >= 15 is 0 Å². The maximum atomic E-state index is 10.7. The molecule has 6 heteroatoms. The molecule has 0 spiro atoms. The van der Waals surface area contributed by atoms with Crippen LogP contribution in [0.15, 0.2) is 6.07 Å². The van der Waals surface area contributed by atoms with Crippen LogP contribution >= 0.6 is 11.6 Å². The first-order valence-corrected chi connectivity index (χ1v) is 3.90. The molecule has 0 aliphatic carbocycles. The molecule has 0 radical (unpaired) electrons. The maximum Gasteiger partial charge on any atom is 0.384 e. The molecule has 2 N–H and O–H groups in total. The predicted molar refractivity (Wildman–Crippen MR) is 50.3 cm³/mol. The Hall–Kier alpha value is -1.80. The number of nitrogen functional groups attached to an aromatic ring is 1. The Bertz CT molecular complexity index is 422. The van der Waals surface area contributed by atoms with Crippen molar-refractivity contribution in [2.45, 2.75) is 0 Å². The number of esters is 1. The van der Waals surface area contributed by atoms with Crippen LogP contribution in [0.25, 0.3) is 0 Å². The molecule has 0 fully saturated rings. The van der Waals surface area contributed by atoms with E-state index in [1.54, 1.807) is 0 Å². The summed E-state index contributed by atoms with van der Waals surface area (Å²) in [5.74, 6) is 4.13. The van der Waals surface area contributed by atoms with E-state index in [2.05, 4.69) is 26.8 Å². The summed E-state index contributed by atoms with van der Waals surface area (Å²) < 4.78 is 4.32. The van der Waals surface area contributed by atoms with Crippen molar-refractivity contribution in [3.63, 3.8) is 0 Å². The van der Waals surface area contributed by atoms with Crippen LogP contribution in [-0.4, -0.2) is 23.3 Å². The van der Waals surface area contributed by atoms with Crippen molar-refractivity contribution in [3.8, 4) is 11.8 Å². The average Bonchev–Trinajstić information content (AvgIpc) is 2.19. The van der Waals surface area contributed by atoms with Gasteiger partial charge in [-0.3, -0.25) is 0 Å². The standard InChI is InChI=1S/C8H6ClN3O2/c1-14-7(13)3-2-5-4-6(9)11-12-8(5)10/h4H,1H3,(H2,10,12). The Labute approximate surface area is 85.2 Å². The fourth-order valence-electron chi connectivity index (χ4n) is 0.647. The molecule has 0 aromatic carbocycles. The molecule has 0 atom stereocenters. The van der Waals surface area contributed by atoms with E-state index in [0.29, 0.717) is 5.56 Å². The first-order chi connectivity index (χ1) is 6.63. The van der Waals surface area contributed by atoms with Crippen LogP contribution in [0, 0.1) is 11.8 Å². The fourth-order valence-corrected chi connectivity index (χ4v) is 0.794. The highest BCUT2D eigenvalue weighted by molar-refractivity contribution is 6.29. The zero-order valence-electron chi connectivity index (χ0n) is 7.24. The van der Waals surface area contributed by atoms with Crippen molar-refractivity contribution in [2.24, 2.45) is 0 Å². The summed E-state index contributed by atoms with van der Waals surface area (Å²) in [4.78, 5) is 10.7. The lowest BCUT2D eigenvalue weighted by molar-refractivity contribution is -0.133.